The first kappa shape index (κ1) is 23.1. The number of carbonyl (C=O) groups is 1. The second kappa shape index (κ2) is 9.45. The minimum atomic E-state index is -3.27. The molecule has 0 aliphatic heterocycles. The van der Waals surface area contributed by atoms with E-state index in [9.17, 15) is 13.2 Å². The molecule has 0 bridgehead atoms. The van der Waals surface area contributed by atoms with Crippen LogP contribution in [0.25, 0.3) is 10.2 Å². The Balaban J connectivity index is 1.67. The highest BCUT2D eigenvalue weighted by molar-refractivity contribution is 7.91. The summed E-state index contributed by atoms with van der Waals surface area (Å²) in [5.74, 6) is -0.0358. The highest BCUT2D eigenvalue weighted by Crippen LogP contribution is 2.34. The molecule has 0 radical (unpaired) electrons. The van der Waals surface area contributed by atoms with Crippen LogP contribution in [0, 0.1) is 13.8 Å². The van der Waals surface area contributed by atoms with Crippen molar-refractivity contribution in [3.8, 4) is 0 Å². The fourth-order valence-electron chi connectivity index (χ4n) is 3.64. The maximum atomic E-state index is 13.5. The smallest absolute Gasteiger partial charge is 0.233 e. The number of rotatable bonds is 7. The van der Waals surface area contributed by atoms with E-state index < -0.39 is 9.84 Å². The van der Waals surface area contributed by atoms with Crippen LogP contribution in [-0.4, -0.2) is 25.1 Å². The Morgan fingerprint density at radius 2 is 1.58 bits per heavy atom. The standard InChI is InChI=1S/C26H26N2O3S2/c1-4-33(30,31)22-14-12-20(13-15-22)16-23(29)28(17-21-8-6-5-7-9-21)26-27-24-18(2)10-11-19(3)25(24)32-26/h5-15H,4,16-17H2,1-3H3. The molecule has 0 aliphatic rings. The second-order valence-corrected chi connectivity index (χ2v) is 11.3. The molecular formula is C26H26N2O3S2. The van der Waals surface area contributed by atoms with Gasteiger partial charge in [0.25, 0.3) is 0 Å². The van der Waals surface area contributed by atoms with Crippen LogP contribution in [0.5, 0.6) is 0 Å². The van der Waals surface area contributed by atoms with E-state index in [0.29, 0.717) is 11.7 Å². The minimum absolute atomic E-state index is 0.0482. The highest BCUT2D eigenvalue weighted by atomic mass is 32.2. The van der Waals surface area contributed by atoms with Crippen molar-refractivity contribution in [1.82, 2.24) is 4.98 Å². The summed E-state index contributed by atoms with van der Waals surface area (Å²) >= 11 is 1.53. The molecule has 4 aromatic rings. The fourth-order valence-corrected chi connectivity index (χ4v) is 5.66. The minimum Gasteiger partial charge on any atom is -0.283 e. The predicted molar refractivity (Wildman–Crippen MR) is 135 cm³/mol. The van der Waals surface area contributed by atoms with Crippen molar-refractivity contribution in [3.63, 3.8) is 0 Å². The second-order valence-electron chi connectivity index (χ2n) is 8.06. The molecule has 4 rings (SSSR count). The molecule has 0 saturated carbocycles. The molecule has 33 heavy (non-hydrogen) atoms. The first-order chi connectivity index (χ1) is 15.8. The summed E-state index contributed by atoms with van der Waals surface area (Å²) in [4.78, 5) is 20.3. The number of hydrogen-bond acceptors (Lipinski definition) is 5. The van der Waals surface area contributed by atoms with E-state index in [1.165, 1.54) is 11.3 Å². The van der Waals surface area contributed by atoms with E-state index >= 15 is 0 Å². The normalized spacial score (nSPS) is 11.6. The zero-order chi connectivity index (χ0) is 23.6. The Morgan fingerprint density at radius 3 is 2.21 bits per heavy atom. The number of carbonyl (C=O) groups excluding carboxylic acids is 1. The number of aryl methyl sites for hydroxylation is 2. The van der Waals surface area contributed by atoms with Crippen LogP contribution in [0.2, 0.25) is 0 Å². The lowest BCUT2D eigenvalue weighted by Gasteiger charge is -2.20. The van der Waals surface area contributed by atoms with E-state index in [-0.39, 0.29) is 23.0 Å². The van der Waals surface area contributed by atoms with Crippen LogP contribution in [0.15, 0.2) is 71.6 Å². The van der Waals surface area contributed by atoms with Crippen molar-refractivity contribution in [1.29, 1.82) is 0 Å². The lowest BCUT2D eigenvalue weighted by Crippen LogP contribution is -2.31. The zero-order valence-corrected chi connectivity index (χ0v) is 20.5. The van der Waals surface area contributed by atoms with E-state index in [2.05, 4.69) is 19.1 Å². The molecular weight excluding hydrogens is 452 g/mol. The van der Waals surface area contributed by atoms with Crippen LogP contribution in [0.3, 0.4) is 0 Å². The molecule has 0 unspecified atom stereocenters. The number of nitrogens with zero attached hydrogens (tertiary/aromatic N) is 2. The first-order valence-corrected chi connectivity index (χ1v) is 13.3. The Morgan fingerprint density at radius 1 is 0.909 bits per heavy atom. The van der Waals surface area contributed by atoms with Crippen molar-refractivity contribution in [2.24, 2.45) is 0 Å². The Hall–Kier alpha value is -3.03. The largest absolute Gasteiger partial charge is 0.283 e. The molecule has 1 aromatic heterocycles. The van der Waals surface area contributed by atoms with Crippen molar-refractivity contribution < 1.29 is 13.2 Å². The zero-order valence-electron chi connectivity index (χ0n) is 18.9. The van der Waals surface area contributed by atoms with Gasteiger partial charge in [0.1, 0.15) is 0 Å². The molecule has 0 saturated heterocycles. The van der Waals surface area contributed by atoms with Crippen LogP contribution < -0.4 is 4.90 Å². The molecule has 7 heteroatoms. The summed E-state index contributed by atoms with van der Waals surface area (Å²) in [6, 6.07) is 20.6. The lowest BCUT2D eigenvalue weighted by molar-refractivity contribution is -0.118. The van der Waals surface area contributed by atoms with Gasteiger partial charge in [-0.05, 0) is 48.2 Å². The van der Waals surface area contributed by atoms with E-state index in [1.807, 2.05) is 37.3 Å². The summed E-state index contributed by atoms with van der Waals surface area (Å²) in [7, 11) is -3.27. The van der Waals surface area contributed by atoms with Gasteiger partial charge in [-0.2, -0.15) is 0 Å². The van der Waals surface area contributed by atoms with Gasteiger partial charge in [0, 0.05) is 0 Å². The number of sulfone groups is 1. The molecule has 170 valence electrons. The van der Waals surface area contributed by atoms with Gasteiger partial charge in [-0.1, -0.05) is 72.9 Å². The third-order valence-corrected chi connectivity index (χ3v) is 8.63. The highest BCUT2D eigenvalue weighted by Gasteiger charge is 2.22. The third kappa shape index (κ3) is 4.99. The predicted octanol–water partition coefficient (Wildman–Crippen LogP) is 5.48. The number of amides is 1. The van der Waals surface area contributed by atoms with Gasteiger partial charge < -0.3 is 0 Å². The molecule has 0 atom stereocenters. The fraction of sp³-hybridized carbons (Fsp3) is 0.231. The van der Waals surface area contributed by atoms with Crippen LogP contribution in [0.4, 0.5) is 5.13 Å². The van der Waals surface area contributed by atoms with Crippen molar-refractivity contribution in [3.05, 3.63) is 89.0 Å². The third-order valence-electron chi connectivity index (χ3n) is 5.66. The molecule has 1 amide bonds. The number of benzene rings is 3. The number of hydrogen-bond donors (Lipinski definition) is 0. The Kier molecular flexibility index (Phi) is 6.63. The molecule has 5 nitrogen and oxygen atoms in total. The monoisotopic (exact) mass is 478 g/mol. The molecule has 1 heterocycles. The van der Waals surface area contributed by atoms with Crippen LogP contribution >= 0.6 is 11.3 Å². The van der Waals surface area contributed by atoms with Gasteiger partial charge in [-0.25, -0.2) is 13.4 Å². The first-order valence-electron chi connectivity index (χ1n) is 10.8. The summed E-state index contributed by atoms with van der Waals surface area (Å²) < 4.78 is 25.3. The summed E-state index contributed by atoms with van der Waals surface area (Å²) in [6.07, 6.45) is 0.160. The number of fused-ring (bicyclic) bond motifs is 1. The van der Waals surface area contributed by atoms with Crippen molar-refractivity contribution in [2.45, 2.75) is 38.6 Å². The van der Waals surface area contributed by atoms with Gasteiger partial charge in [0.05, 0.1) is 33.8 Å². The van der Waals surface area contributed by atoms with Gasteiger partial charge in [-0.15, -0.1) is 0 Å². The molecule has 0 N–H and O–H groups in total. The quantitative estimate of drug-likeness (QED) is 0.353. The summed E-state index contributed by atoms with van der Waals surface area (Å²) in [5, 5.41) is 0.668. The van der Waals surface area contributed by atoms with Gasteiger partial charge in [0.15, 0.2) is 15.0 Å². The van der Waals surface area contributed by atoms with Gasteiger partial charge >= 0.3 is 0 Å². The van der Waals surface area contributed by atoms with Crippen LogP contribution in [0.1, 0.15) is 29.2 Å². The molecule has 3 aromatic carbocycles. The van der Waals surface area contributed by atoms with Crippen LogP contribution in [-0.2, 0) is 27.6 Å². The lowest BCUT2D eigenvalue weighted by atomic mass is 10.1. The Bertz CT molecular complexity index is 1350. The molecule has 0 fully saturated rings. The van der Waals surface area contributed by atoms with Crippen molar-refractivity contribution in [2.75, 3.05) is 10.7 Å². The Labute approximate surface area is 198 Å². The van der Waals surface area contributed by atoms with E-state index in [0.717, 1.165) is 32.5 Å². The van der Waals surface area contributed by atoms with Crippen molar-refractivity contribution >= 4 is 42.4 Å². The van der Waals surface area contributed by atoms with Gasteiger partial charge in [-0.3, -0.25) is 9.69 Å². The number of aromatic nitrogens is 1. The number of thiazole rings is 1. The van der Waals surface area contributed by atoms with Gasteiger partial charge in [0.2, 0.25) is 5.91 Å². The average Bonchev–Trinajstić information content (AvgIpc) is 3.27. The summed E-state index contributed by atoms with van der Waals surface area (Å²) in [6.45, 7) is 6.12. The topological polar surface area (TPSA) is 67.3 Å². The molecule has 0 spiro atoms. The summed E-state index contributed by atoms with van der Waals surface area (Å²) in [5.41, 5.74) is 4.93. The maximum Gasteiger partial charge on any atom is 0.233 e. The maximum absolute atomic E-state index is 13.5. The number of anilines is 1. The SMILES string of the molecule is CCS(=O)(=O)c1ccc(CC(=O)N(Cc2ccccc2)c2nc3c(C)ccc(C)c3s2)cc1. The molecule has 0 aliphatic carbocycles. The van der Waals surface area contributed by atoms with E-state index in [4.69, 9.17) is 4.98 Å². The average molecular weight is 479 g/mol. The van der Waals surface area contributed by atoms with E-state index in [1.54, 1.807) is 36.1 Å².